The molecule has 1 saturated carbocycles. The number of benzene rings is 2. The standard InChI is InChI=1S/C31H23F3N6O4/c32-31(33,34)29(42)44-26-17-25(20-7-2-1-3-8-20)40(38-26)30(43)36-22-9-4-6-19(16-22)11-14-23-18-35-27-24(10-5-15-39(23)27)37-28(41)21-12-13-21/h1-10,15-16,18,21,25H,12-13,17H2,(H,36,43)(H,37,41). The van der Waals surface area contributed by atoms with Gasteiger partial charge < -0.3 is 15.4 Å². The molecule has 0 spiro atoms. The second-order valence-corrected chi connectivity index (χ2v) is 10.1. The SMILES string of the molecule is O=C(Nc1cccn2c(C#Cc3cccc(NC(=O)N4N=C(OC(=O)C(F)(F)F)CC4c4ccccc4)c3)cnc12)C1CC1. The summed E-state index contributed by atoms with van der Waals surface area (Å²) in [5.74, 6) is 3.16. The molecule has 10 nitrogen and oxygen atoms in total. The molecule has 44 heavy (non-hydrogen) atoms. The van der Waals surface area contributed by atoms with E-state index in [0.29, 0.717) is 33.8 Å². The Hall–Kier alpha value is -5.64. The molecular weight excluding hydrogens is 577 g/mol. The van der Waals surface area contributed by atoms with Gasteiger partial charge in [-0.1, -0.05) is 42.3 Å². The van der Waals surface area contributed by atoms with E-state index in [4.69, 9.17) is 0 Å². The Labute approximate surface area is 248 Å². The molecule has 3 amide bonds. The van der Waals surface area contributed by atoms with Crippen LogP contribution >= 0.6 is 0 Å². The van der Waals surface area contributed by atoms with Gasteiger partial charge in [0.05, 0.1) is 24.3 Å². The minimum Gasteiger partial charge on any atom is -0.403 e. The van der Waals surface area contributed by atoms with Crippen LogP contribution < -0.4 is 10.6 Å². The number of fused-ring (bicyclic) bond motifs is 1. The quantitative estimate of drug-likeness (QED) is 0.238. The van der Waals surface area contributed by atoms with Gasteiger partial charge in [-0.05, 0) is 54.7 Å². The molecule has 4 aromatic rings. The van der Waals surface area contributed by atoms with Gasteiger partial charge in [0.15, 0.2) is 5.65 Å². The zero-order valence-corrected chi connectivity index (χ0v) is 22.8. The fourth-order valence-corrected chi connectivity index (χ4v) is 4.60. The molecular formula is C31H23F3N6O4. The molecule has 0 saturated heterocycles. The maximum absolute atomic E-state index is 13.3. The second-order valence-electron chi connectivity index (χ2n) is 10.1. The lowest BCUT2D eigenvalue weighted by Crippen LogP contribution is -2.31. The molecule has 2 aliphatic rings. The Balaban J connectivity index is 1.19. The second kappa shape index (κ2) is 11.6. The van der Waals surface area contributed by atoms with Gasteiger partial charge in [-0.15, -0.1) is 5.10 Å². The van der Waals surface area contributed by atoms with Crippen LogP contribution in [0.3, 0.4) is 0 Å². The Morgan fingerprint density at radius 3 is 2.50 bits per heavy atom. The minimum absolute atomic E-state index is 0.0270. The molecule has 6 rings (SSSR count). The Morgan fingerprint density at radius 1 is 0.955 bits per heavy atom. The number of ether oxygens (including phenoxy) is 1. The normalized spacial score (nSPS) is 16.1. The minimum atomic E-state index is -5.21. The number of nitrogens with one attached hydrogen (secondary N) is 2. The van der Waals surface area contributed by atoms with Crippen LogP contribution in [0, 0.1) is 17.8 Å². The molecule has 2 aromatic carbocycles. The smallest absolute Gasteiger partial charge is 0.403 e. The average molecular weight is 601 g/mol. The van der Waals surface area contributed by atoms with Gasteiger partial charge in [0, 0.05) is 23.4 Å². The van der Waals surface area contributed by atoms with E-state index < -0.39 is 30.1 Å². The summed E-state index contributed by atoms with van der Waals surface area (Å²) >= 11 is 0. The van der Waals surface area contributed by atoms with Crippen LogP contribution in [-0.2, 0) is 14.3 Å². The summed E-state index contributed by atoms with van der Waals surface area (Å²) in [5.41, 5.74) is 3.23. The largest absolute Gasteiger partial charge is 0.491 e. The number of carbonyl (C=O) groups excluding carboxylic acids is 3. The highest BCUT2D eigenvalue weighted by Crippen LogP contribution is 2.33. The summed E-state index contributed by atoms with van der Waals surface area (Å²) in [7, 11) is 0. The molecule has 0 radical (unpaired) electrons. The predicted octanol–water partition coefficient (Wildman–Crippen LogP) is 5.48. The van der Waals surface area contributed by atoms with E-state index in [9.17, 15) is 27.6 Å². The third-order valence-electron chi connectivity index (χ3n) is 6.91. The summed E-state index contributed by atoms with van der Waals surface area (Å²) in [4.78, 5) is 41.3. The van der Waals surface area contributed by atoms with Crippen LogP contribution in [0.5, 0.6) is 0 Å². The molecule has 1 aliphatic heterocycles. The molecule has 1 unspecified atom stereocenters. The maximum Gasteiger partial charge on any atom is 0.491 e. The lowest BCUT2D eigenvalue weighted by molar-refractivity contribution is -0.191. The molecule has 2 N–H and O–H groups in total. The zero-order chi connectivity index (χ0) is 30.8. The molecule has 222 valence electrons. The van der Waals surface area contributed by atoms with E-state index >= 15 is 0 Å². The number of imidazole rings is 1. The van der Waals surface area contributed by atoms with Crippen LogP contribution in [0.25, 0.3) is 5.65 Å². The van der Waals surface area contributed by atoms with Gasteiger partial charge in [-0.2, -0.15) is 13.2 Å². The van der Waals surface area contributed by atoms with E-state index in [0.717, 1.165) is 17.9 Å². The summed E-state index contributed by atoms with van der Waals surface area (Å²) in [5, 5.41) is 10.4. The van der Waals surface area contributed by atoms with Crippen molar-refractivity contribution in [2.24, 2.45) is 11.0 Å². The summed E-state index contributed by atoms with van der Waals surface area (Å²) in [6.45, 7) is 0. The van der Waals surface area contributed by atoms with Crippen molar-refractivity contribution in [1.82, 2.24) is 14.4 Å². The molecule has 0 bridgehead atoms. The number of esters is 1. The van der Waals surface area contributed by atoms with E-state index in [1.54, 1.807) is 83.5 Å². The van der Waals surface area contributed by atoms with E-state index in [1.165, 1.54) is 0 Å². The first-order chi connectivity index (χ1) is 21.2. The third-order valence-corrected chi connectivity index (χ3v) is 6.91. The van der Waals surface area contributed by atoms with Gasteiger partial charge in [-0.25, -0.2) is 19.6 Å². The summed E-state index contributed by atoms with van der Waals surface area (Å²) in [6.07, 6.45) is -0.280. The number of hydrazone groups is 1. The summed E-state index contributed by atoms with van der Waals surface area (Å²) < 4.78 is 44.5. The molecule has 13 heteroatoms. The van der Waals surface area contributed by atoms with Crippen LogP contribution in [0.1, 0.15) is 42.1 Å². The van der Waals surface area contributed by atoms with E-state index in [1.807, 2.05) is 0 Å². The molecule has 1 aliphatic carbocycles. The number of nitrogens with zero attached hydrogens (tertiary/aromatic N) is 4. The van der Waals surface area contributed by atoms with Crippen LogP contribution in [0.4, 0.5) is 29.3 Å². The van der Waals surface area contributed by atoms with Crippen molar-refractivity contribution in [3.05, 3.63) is 95.9 Å². The fourth-order valence-electron chi connectivity index (χ4n) is 4.60. The highest BCUT2D eigenvalue weighted by atomic mass is 19.4. The van der Waals surface area contributed by atoms with Crippen LogP contribution in [0.2, 0.25) is 0 Å². The Bertz CT molecular complexity index is 1850. The molecule has 1 atom stereocenters. The lowest BCUT2D eigenvalue weighted by atomic mass is 10.0. The number of hydrogen-bond donors (Lipinski definition) is 2. The van der Waals surface area contributed by atoms with Gasteiger partial charge >= 0.3 is 18.2 Å². The highest BCUT2D eigenvalue weighted by Gasteiger charge is 2.44. The first-order valence-electron chi connectivity index (χ1n) is 13.6. The maximum atomic E-state index is 13.3. The van der Waals surface area contributed by atoms with Gasteiger partial charge in [0.2, 0.25) is 11.8 Å². The molecule has 1 fully saturated rings. The van der Waals surface area contributed by atoms with Crippen molar-refractivity contribution in [3.8, 4) is 11.8 Å². The van der Waals surface area contributed by atoms with Crippen molar-refractivity contribution in [2.75, 3.05) is 10.6 Å². The van der Waals surface area contributed by atoms with Crippen LogP contribution in [-0.4, -0.2) is 44.4 Å². The average Bonchev–Trinajstić information content (AvgIpc) is 3.65. The number of urea groups is 1. The first kappa shape index (κ1) is 28.5. The number of carbonyl (C=O) groups is 3. The van der Waals surface area contributed by atoms with Gasteiger partial charge in [-0.3, -0.25) is 9.20 Å². The molecule has 2 aromatic heterocycles. The topological polar surface area (TPSA) is 117 Å². The van der Waals surface area contributed by atoms with Crippen molar-refractivity contribution in [2.45, 2.75) is 31.5 Å². The van der Waals surface area contributed by atoms with Crippen molar-refractivity contribution in [3.63, 3.8) is 0 Å². The highest BCUT2D eigenvalue weighted by molar-refractivity contribution is 5.97. The van der Waals surface area contributed by atoms with Crippen LogP contribution in [0.15, 0.2) is 84.2 Å². The number of pyridine rings is 1. The third kappa shape index (κ3) is 6.24. The van der Waals surface area contributed by atoms with E-state index in [-0.39, 0.29) is 18.2 Å². The number of amides is 3. The first-order valence-corrected chi connectivity index (χ1v) is 13.6. The zero-order valence-electron chi connectivity index (χ0n) is 22.8. The Kier molecular flexibility index (Phi) is 7.48. The number of halogens is 3. The fraction of sp³-hybridized carbons (Fsp3) is 0.194. The number of alkyl halides is 3. The van der Waals surface area contributed by atoms with Crippen molar-refractivity contribution in [1.29, 1.82) is 0 Å². The summed E-state index contributed by atoms with van der Waals surface area (Å²) in [6, 6.07) is 17.2. The lowest BCUT2D eigenvalue weighted by Gasteiger charge is -2.22. The van der Waals surface area contributed by atoms with Gasteiger partial charge in [0.1, 0.15) is 5.69 Å². The number of anilines is 2. The van der Waals surface area contributed by atoms with Gasteiger partial charge in [0.25, 0.3) is 0 Å². The van der Waals surface area contributed by atoms with Crippen molar-refractivity contribution >= 4 is 40.8 Å². The molecule has 3 heterocycles. The van der Waals surface area contributed by atoms with Crippen molar-refractivity contribution < 1.29 is 32.3 Å². The number of aromatic nitrogens is 2. The van der Waals surface area contributed by atoms with E-state index in [2.05, 4.69) is 37.3 Å². The monoisotopic (exact) mass is 600 g/mol. The number of hydrogen-bond acceptors (Lipinski definition) is 6. The predicted molar refractivity (Wildman–Crippen MR) is 153 cm³/mol. The number of rotatable bonds is 4. The Morgan fingerprint density at radius 2 is 1.75 bits per heavy atom.